The SMILES string of the molecule is COCCN(Cc1ccc(OS(=O)(=O)c2cccc(C(F)(F)F)c2)cc1)C(=O)c1ccccc1C. The van der Waals surface area contributed by atoms with Crippen molar-refractivity contribution in [1.29, 1.82) is 0 Å². The van der Waals surface area contributed by atoms with Crippen LogP contribution in [-0.2, 0) is 27.6 Å². The van der Waals surface area contributed by atoms with E-state index in [0.29, 0.717) is 30.3 Å². The zero-order chi connectivity index (χ0) is 25.6. The van der Waals surface area contributed by atoms with Crippen LogP contribution >= 0.6 is 0 Å². The summed E-state index contributed by atoms with van der Waals surface area (Å²) >= 11 is 0. The summed E-state index contributed by atoms with van der Waals surface area (Å²) in [5.41, 5.74) is 1.01. The largest absolute Gasteiger partial charge is 0.416 e. The molecule has 0 aliphatic heterocycles. The van der Waals surface area contributed by atoms with E-state index in [4.69, 9.17) is 8.92 Å². The van der Waals surface area contributed by atoms with Crippen molar-refractivity contribution in [2.45, 2.75) is 24.5 Å². The van der Waals surface area contributed by atoms with Gasteiger partial charge < -0.3 is 13.8 Å². The van der Waals surface area contributed by atoms with E-state index in [1.54, 1.807) is 29.2 Å². The molecule has 0 aliphatic rings. The van der Waals surface area contributed by atoms with Crippen molar-refractivity contribution in [3.63, 3.8) is 0 Å². The van der Waals surface area contributed by atoms with Crippen LogP contribution in [0.3, 0.4) is 0 Å². The molecule has 3 aromatic rings. The molecule has 0 saturated carbocycles. The molecule has 0 radical (unpaired) electrons. The molecule has 3 rings (SSSR count). The Balaban J connectivity index is 1.76. The summed E-state index contributed by atoms with van der Waals surface area (Å²) in [5, 5.41) is 0. The van der Waals surface area contributed by atoms with Gasteiger partial charge in [-0.25, -0.2) is 0 Å². The van der Waals surface area contributed by atoms with Gasteiger partial charge in [0.2, 0.25) is 0 Å². The lowest BCUT2D eigenvalue weighted by Gasteiger charge is -2.23. The lowest BCUT2D eigenvalue weighted by atomic mass is 10.1. The van der Waals surface area contributed by atoms with Crippen molar-refractivity contribution in [3.05, 3.63) is 95.1 Å². The van der Waals surface area contributed by atoms with Crippen molar-refractivity contribution >= 4 is 16.0 Å². The van der Waals surface area contributed by atoms with Gasteiger partial charge in [0.15, 0.2) is 0 Å². The molecule has 0 fully saturated rings. The van der Waals surface area contributed by atoms with Crippen LogP contribution in [0.2, 0.25) is 0 Å². The zero-order valence-corrected chi connectivity index (χ0v) is 19.9. The maximum atomic E-state index is 13.1. The highest BCUT2D eigenvalue weighted by atomic mass is 32.2. The first-order valence-electron chi connectivity index (χ1n) is 10.6. The Morgan fingerprint density at radius 1 is 0.971 bits per heavy atom. The third kappa shape index (κ3) is 6.83. The molecule has 3 aromatic carbocycles. The van der Waals surface area contributed by atoms with Crippen LogP contribution in [0.15, 0.2) is 77.7 Å². The number of amides is 1. The Morgan fingerprint density at radius 3 is 2.29 bits per heavy atom. The fourth-order valence-corrected chi connectivity index (χ4v) is 4.29. The minimum atomic E-state index is -4.68. The number of carbonyl (C=O) groups is 1. The molecule has 6 nitrogen and oxygen atoms in total. The van der Waals surface area contributed by atoms with E-state index in [1.165, 1.54) is 19.2 Å². The summed E-state index contributed by atoms with van der Waals surface area (Å²) in [6, 6.07) is 16.5. The molecule has 0 spiro atoms. The fourth-order valence-electron chi connectivity index (χ4n) is 3.31. The van der Waals surface area contributed by atoms with Crippen LogP contribution < -0.4 is 4.18 Å². The second-order valence-corrected chi connectivity index (χ2v) is 9.29. The lowest BCUT2D eigenvalue weighted by Crippen LogP contribution is -2.33. The number of carbonyl (C=O) groups excluding carboxylic acids is 1. The van der Waals surface area contributed by atoms with E-state index in [9.17, 15) is 26.4 Å². The first-order chi connectivity index (χ1) is 16.5. The summed E-state index contributed by atoms with van der Waals surface area (Å²) in [6.07, 6.45) is -4.68. The van der Waals surface area contributed by atoms with E-state index in [0.717, 1.165) is 23.8 Å². The van der Waals surface area contributed by atoms with Crippen LogP contribution in [0.1, 0.15) is 27.0 Å². The lowest BCUT2D eigenvalue weighted by molar-refractivity contribution is -0.137. The van der Waals surface area contributed by atoms with E-state index >= 15 is 0 Å². The highest BCUT2D eigenvalue weighted by Gasteiger charge is 2.32. The molecule has 10 heteroatoms. The smallest absolute Gasteiger partial charge is 0.383 e. The number of methoxy groups -OCH3 is 1. The third-order valence-electron chi connectivity index (χ3n) is 5.18. The molecule has 0 aromatic heterocycles. The van der Waals surface area contributed by atoms with Crippen LogP contribution in [0, 0.1) is 6.92 Å². The maximum Gasteiger partial charge on any atom is 0.416 e. The van der Waals surface area contributed by atoms with Gasteiger partial charge in [-0.3, -0.25) is 4.79 Å². The number of hydrogen-bond acceptors (Lipinski definition) is 5. The number of rotatable bonds is 9. The molecule has 0 N–H and O–H groups in total. The van der Waals surface area contributed by atoms with Gasteiger partial charge in [-0.05, 0) is 54.4 Å². The highest BCUT2D eigenvalue weighted by Crippen LogP contribution is 2.31. The average molecular weight is 508 g/mol. The first kappa shape index (κ1) is 26.2. The van der Waals surface area contributed by atoms with Crippen molar-refractivity contribution in [1.82, 2.24) is 4.90 Å². The summed E-state index contributed by atoms with van der Waals surface area (Å²) in [6.45, 7) is 2.75. The van der Waals surface area contributed by atoms with E-state index < -0.39 is 26.8 Å². The van der Waals surface area contributed by atoms with Gasteiger partial charge in [0.1, 0.15) is 10.6 Å². The number of aryl methyl sites for hydroxylation is 1. The van der Waals surface area contributed by atoms with Gasteiger partial charge in [-0.1, -0.05) is 36.4 Å². The van der Waals surface area contributed by atoms with Gasteiger partial charge >= 0.3 is 16.3 Å². The predicted octanol–water partition coefficient (Wildman–Crippen LogP) is 5.07. The molecule has 35 heavy (non-hydrogen) atoms. The number of nitrogens with zero attached hydrogens (tertiary/aromatic N) is 1. The Morgan fingerprint density at radius 2 is 1.66 bits per heavy atom. The molecule has 1 amide bonds. The van der Waals surface area contributed by atoms with Gasteiger partial charge in [0.25, 0.3) is 5.91 Å². The molecule has 0 heterocycles. The quantitative estimate of drug-likeness (QED) is 0.378. The number of hydrogen-bond donors (Lipinski definition) is 0. The highest BCUT2D eigenvalue weighted by molar-refractivity contribution is 7.87. The van der Waals surface area contributed by atoms with Gasteiger partial charge in [-0.2, -0.15) is 21.6 Å². The molecule has 0 aliphatic carbocycles. The van der Waals surface area contributed by atoms with Crippen molar-refractivity contribution in [2.24, 2.45) is 0 Å². The van der Waals surface area contributed by atoms with Crippen LogP contribution in [-0.4, -0.2) is 39.5 Å². The summed E-state index contributed by atoms with van der Waals surface area (Å²) in [7, 11) is -2.94. The fraction of sp³-hybridized carbons (Fsp3) is 0.240. The molecule has 0 unspecified atom stereocenters. The van der Waals surface area contributed by atoms with Crippen molar-refractivity contribution in [3.8, 4) is 5.75 Å². The normalized spacial score (nSPS) is 11.8. The van der Waals surface area contributed by atoms with Gasteiger partial charge in [0.05, 0.1) is 12.2 Å². The van der Waals surface area contributed by atoms with E-state index in [-0.39, 0.29) is 18.2 Å². The third-order valence-corrected chi connectivity index (χ3v) is 6.42. The second-order valence-electron chi connectivity index (χ2n) is 7.74. The Hall–Kier alpha value is -3.37. The topological polar surface area (TPSA) is 72.9 Å². The average Bonchev–Trinajstić information content (AvgIpc) is 2.82. The van der Waals surface area contributed by atoms with Crippen LogP contribution in [0.4, 0.5) is 13.2 Å². The van der Waals surface area contributed by atoms with E-state index in [1.807, 2.05) is 19.1 Å². The number of ether oxygens (including phenoxy) is 1. The molecular formula is C25H24F3NO5S. The van der Waals surface area contributed by atoms with Crippen LogP contribution in [0.5, 0.6) is 5.75 Å². The standard InChI is InChI=1S/C25H24F3NO5S/c1-18-6-3-4-9-23(18)24(30)29(14-15-33-2)17-19-10-12-21(13-11-19)34-35(31,32)22-8-5-7-20(16-22)25(26,27)28/h3-13,16H,14-15,17H2,1-2H3. The van der Waals surface area contributed by atoms with Gasteiger partial charge in [-0.15, -0.1) is 0 Å². The molecular weight excluding hydrogens is 483 g/mol. The molecule has 186 valence electrons. The molecule has 0 atom stereocenters. The summed E-state index contributed by atoms with van der Waals surface area (Å²) < 4.78 is 73.9. The minimum Gasteiger partial charge on any atom is -0.383 e. The van der Waals surface area contributed by atoms with Crippen molar-refractivity contribution in [2.75, 3.05) is 20.3 Å². The Labute approximate surface area is 202 Å². The number of halogens is 3. The number of benzene rings is 3. The number of alkyl halides is 3. The monoisotopic (exact) mass is 507 g/mol. The Kier molecular flexibility index (Phi) is 8.18. The minimum absolute atomic E-state index is 0.0696. The van der Waals surface area contributed by atoms with Crippen molar-refractivity contribution < 1.29 is 35.3 Å². The second kappa shape index (κ2) is 10.9. The maximum absolute atomic E-state index is 13.1. The molecule has 0 bridgehead atoms. The Bertz CT molecular complexity index is 1270. The summed E-state index contributed by atoms with van der Waals surface area (Å²) in [4.78, 5) is 14.1. The zero-order valence-electron chi connectivity index (χ0n) is 19.1. The van der Waals surface area contributed by atoms with Crippen LogP contribution in [0.25, 0.3) is 0 Å². The first-order valence-corrected chi connectivity index (χ1v) is 12.0. The summed E-state index contributed by atoms with van der Waals surface area (Å²) in [5.74, 6) is -0.243. The van der Waals surface area contributed by atoms with E-state index in [2.05, 4.69) is 0 Å². The predicted molar refractivity (Wildman–Crippen MR) is 123 cm³/mol. The van der Waals surface area contributed by atoms with Gasteiger partial charge in [0, 0.05) is 25.8 Å². The molecule has 0 saturated heterocycles.